The number of nitrogens with one attached hydrogen (secondary N) is 8. The summed E-state index contributed by atoms with van der Waals surface area (Å²) in [5.41, 5.74) is 11.2. The summed E-state index contributed by atoms with van der Waals surface area (Å²) in [5.74, 6) is -14.5. The van der Waals surface area contributed by atoms with E-state index in [1.807, 2.05) is 0 Å². The fourth-order valence-electron chi connectivity index (χ4n) is 8.43. The van der Waals surface area contributed by atoms with Crippen LogP contribution in [0.4, 0.5) is 0 Å². The molecule has 3 rings (SSSR count). The Bertz CT molecular complexity index is 2360. The van der Waals surface area contributed by atoms with E-state index in [9.17, 15) is 82.8 Å². The zero-order valence-electron chi connectivity index (χ0n) is 45.1. The monoisotopic (exact) mass is 1130 g/mol. The number of nitrogens with two attached hydrogens (primary N) is 2. The third-order valence-corrected chi connectivity index (χ3v) is 13.2. The summed E-state index contributed by atoms with van der Waals surface area (Å²) < 4.78 is 0. The third-order valence-electron chi connectivity index (χ3n) is 13.2. The number of aliphatic hydroxyl groups excluding tert-OH is 3. The Kier molecular flexibility index (Phi) is 27.9. The number of amides is 12. The quantitative estimate of drug-likeness (QED) is 0.0366. The molecule has 29 heteroatoms. The first kappa shape index (κ1) is 66.5. The fourth-order valence-corrected chi connectivity index (χ4v) is 8.43. The van der Waals surface area contributed by atoms with Crippen molar-refractivity contribution in [2.24, 2.45) is 17.4 Å². The van der Waals surface area contributed by atoms with Gasteiger partial charge in [0.05, 0.1) is 38.6 Å². The standard InChI is InChI=1S/C51H77N11O18/c1-4-27(2)11-9-7-5-6-8-10-12-30-22-40(69)55-34(23-38(52)67)47(75)57-33(21-29-13-15-31(66)16-14-29)46(74)58-35(24-39(53)68)48(76)60-36(25-63)49(77)56-32(17-20-43(72)80-62-41(70)18-19-42(62)71)45(73)59-37(26-64)50(78)61-44(28(3)65)51(79)54-30/h13-16,27-28,30,32-37,44,63-66H,4-12,17-26H2,1-3H3,(H2,52,67)(H2,53,68)(H,54,79)(H,55,69)(H,56,77)(H,57,75)(H,58,74)(H,59,73)(H,60,76)(H,61,78). The second kappa shape index (κ2) is 33.6. The zero-order valence-corrected chi connectivity index (χ0v) is 45.1. The van der Waals surface area contributed by atoms with E-state index in [1.165, 1.54) is 24.3 Å². The molecule has 0 bridgehead atoms. The van der Waals surface area contributed by atoms with Gasteiger partial charge in [0.2, 0.25) is 59.1 Å². The first-order valence-corrected chi connectivity index (χ1v) is 26.6. The summed E-state index contributed by atoms with van der Waals surface area (Å²) in [6.07, 6.45) is 0.564. The van der Waals surface area contributed by atoms with Gasteiger partial charge in [-0.25, -0.2) is 4.79 Å². The van der Waals surface area contributed by atoms with Crippen molar-refractivity contribution in [3.63, 3.8) is 0 Å². The van der Waals surface area contributed by atoms with Crippen molar-refractivity contribution in [3.05, 3.63) is 29.8 Å². The smallest absolute Gasteiger partial charge is 0.333 e. The van der Waals surface area contributed by atoms with Gasteiger partial charge >= 0.3 is 5.97 Å². The average Bonchev–Trinajstić information content (AvgIpc) is 3.71. The van der Waals surface area contributed by atoms with E-state index in [4.69, 9.17) is 16.3 Å². The Labute approximate surface area is 461 Å². The van der Waals surface area contributed by atoms with Crippen LogP contribution in [0.2, 0.25) is 0 Å². The number of carbonyl (C=O) groups is 13. The highest BCUT2D eigenvalue weighted by Crippen LogP contribution is 2.18. The molecule has 2 aliphatic rings. The normalized spacial score (nSPS) is 24.2. The largest absolute Gasteiger partial charge is 0.508 e. The molecule has 16 N–H and O–H groups in total. The Balaban J connectivity index is 2.11. The Hall–Kier alpha value is -7.79. The first-order chi connectivity index (χ1) is 37.8. The predicted molar refractivity (Wildman–Crippen MR) is 278 cm³/mol. The molecule has 2 fully saturated rings. The SMILES string of the molecule is CCC(C)CCCCCCCCC1CC(=O)NC(CC(N)=O)C(=O)NC(Cc2ccc(O)cc2)C(=O)NC(CC(N)=O)C(=O)NC(CO)C(=O)NC(CCC(=O)ON2C(=O)CCC2=O)C(=O)NC(CO)C(=O)NC(C(C)O)C(=O)N1. The molecule has 12 amide bonds. The molecule has 1 aromatic rings. The van der Waals surface area contributed by atoms with Crippen molar-refractivity contribution < 1.29 is 87.6 Å². The molecule has 10 atom stereocenters. The number of phenolic OH excluding ortho intramolecular Hbond substituents is 1. The van der Waals surface area contributed by atoms with Crippen LogP contribution < -0.4 is 54.0 Å². The second-order valence-electron chi connectivity index (χ2n) is 19.9. The van der Waals surface area contributed by atoms with Crippen LogP contribution in [0.25, 0.3) is 0 Å². The molecule has 0 aromatic heterocycles. The van der Waals surface area contributed by atoms with Gasteiger partial charge in [-0.2, -0.15) is 0 Å². The molecule has 1 aromatic carbocycles. The number of benzene rings is 1. The van der Waals surface area contributed by atoms with Crippen molar-refractivity contribution in [1.82, 2.24) is 47.6 Å². The number of rotatable bonds is 23. The van der Waals surface area contributed by atoms with Crippen LogP contribution in [-0.4, -0.2) is 170 Å². The number of primary amides is 2. The number of aliphatic hydroxyl groups is 3. The molecule has 444 valence electrons. The van der Waals surface area contributed by atoms with Gasteiger partial charge in [0.15, 0.2) is 0 Å². The lowest BCUT2D eigenvalue weighted by atomic mass is 9.99. The number of nitrogens with zero attached hydrogens (tertiary/aromatic N) is 1. The fraction of sp³-hybridized carbons (Fsp3) is 0.627. The molecule has 0 radical (unpaired) electrons. The highest BCUT2D eigenvalue weighted by Gasteiger charge is 2.38. The number of carbonyl (C=O) groups excluding carboxylic acids is 13. The number of phenols is 1. The lowest BCUT2D eigenvalue weighted by molar-refractivity contribution is -0.197. The minimum Gasteiger partial charge on any atom is -0.508 e. The van der Waals surface area contributed by atoms with E-state index in [2.05, 4.69) is 56.4 Å². The van der Waals surface area contributed by atoms with Crippen LogP contribution >= 0.6 is 0 Å². The van der Waals surface area contributed by atoms with E-state index in [-0.39, 0.29) is 30.1 Å². The van der Waals surface area contributed by atoms with Gasteiger partial charge in [-0.3, -0.25) is 57.5 Å². The maximum Gasteiger partial charge on any atom is 0.333 e. The van der Waals surface area contributed by atoms with Gasteiger partial charge in [0, 0.05) is 31.7 Å². The summed E-state index contributed by atoms with van der Waals surface area (Å²) in [7, 11) is 0. The molecule has 29 nitrogen and oxygen atoms in total. The zero-order chi connectivity index (χ0) is 59.6. The third kappa shape index (κ3) is 22.9. The molecule has 2 saturated heterocycles. The molecular formula is C51H77N11O18. The van der Waals surface area contributed by atoms with Gasteiger partial charge in [0.25, 0.3) is 11.8 Å². The summed E-state index contributed by atoms with van der Waals surface area (Å²) in [6.45, 7) is 2.99. The van der Waals surface area contributed by atoms with Gasteiger partial charge < -0.3 is 79.3 Å². The van der Waals surface area contributed by atoms with Gasteiger partial charge in [-0.05, 0) is 43.4 Å². The summed E-state index contributed by atoms with van der Waals surface area (Å²) in [5, 5.41) is 60.0. The maximum atomic E-state index is 14.2. The van der Waals surface area contributed by atoms with Crippen LogP contribution in [0.15, 0.2) is 24.3 Å². The van der Waals surface area contributed by atoms with Gasteiger partial charge in [-0.1, -0.05) is 77.3 Å². The maximum absolute atomic E-state index is 14.2. The van der Waals surface area contributed by atoms with E-state index < -0.39 is 183 Å². The number of aromatic hydroxyl groups is 1. The van der Waals surface area contributed by atoms with Crippen molar-refractivity contribution >= 4 is 76.9 Å². The number of unbranched alkanes of at least 4 members (excludes halogenated alkanes) is 5. The minimum absolute atomic E-state index is 0.131. The minimum atomic E-state index is -2.05. The van der Waals surface area contributed by atoms with E-state index in [1.54, 1.807) is 0 Å². The van der Waals surface area contributed by atoms with Crippen LogP contribution in [0.5, 0.6) is 5.75 Å². The number of hydrogen-bond donors (Lipinski definition) is 14. The van der Waals surface area contributed by atoms with Gasteiger partial charge in [-0.15, -0.1) is 5.06 Å². The Morgan fingerprint density at radius 2 is 1.06 bits per heavy atom. The van der Waals surface area contributed by atoms with Crippen molar-refractivity contribution in [2.75, 3.05) is 13.2 Å². The van der Waals surface area contributed by atoms with Crippen LogP contribution in [0.1, 0.15) is 129 Å². The van der Waals surface area contributed by atoms with E-state index in [0.717, 1.165) is 45.4 Å². The number of imide groups is 1. The molecule has 2 aliphatic heterocycles. The predicted octanol–water partition coefficient (Wildman–Crippen LogP) is -4.11. The number of hydroxylamine groups is 2. The topological polar surface area (TPSA) is 464 Å². The van der Waals surface area contributed by atoms with Crippen LogP contribution in [0.3, 0.4) is 0 Å². The molecule has 2 heterocycles. The second-order valence-corrected chi connectivity index (χ2v) is 19.9. The van der Waals surface area contributed by atoms with Crippen molar-refractivity contribution in [3.8, 4) is 5.75 Å². The Morgan fingerprint density at radius 3 is 1.60 bits per heavy atom. The Morgan fingerprint density at radius 1 is 0.600 bits per heavy atom. The lowest BCUT2D eigenvalue weighted by Crippen LogP contribution is -2.62. The highest BCUT2D eigenvalue weighted by atomic mass is 16.7. The summed E-state index contributed by atoms with van der Waals surface area (Å²) >= 11 is 0. The number of hydrogen-bond acceptors (Lipinski definition) is 18. The van der Waals surface area contributed by atoms with E-state index in [0.29, 0.717) is 24.3 Å². The van der Waals surface area contributed by atoms with Crippen molar-refractivity contribution in [2.45, 2.75) is 184 Å². The van der Waals surface area contributed by atoms with Crippen LogP contribution in [-0.2, 0) is 73.6 Å². The van der Waals surface area contributed by atoms with Crippen LogP contribution in [0, 0.1) is 5.92 Å². The van der Waals surface area contributed by atoms with E-state index >= 15 is 0 Å². The lowest BCUT2D eigenvalue weighted by Gasteiger charge is -2.28. The first-order valence-electron chi connectivity index (χ1n) is 26.6. The summed E-state index contributed by atoms with van der Waals surface area (Å²) in [4.78, 5) is 178. The molecule has 0 saturated carbocycles. The van der Waals surface area contributed by atoms with Crippen molar-refractivity contribution in [1.29, 1.82) is 0 Å². The summed E-state index contributed by atoms with van der Waals surface area (Å²) in [6, 6.07) is -9.11. The molecule has 80 heavy (non-hydrogen) atoms. The molecule has 0 spiro atoms. The average molecular weight is 1130 g/mol. The molecule has 10 unspecified atom stereocenters. The van der Waals surface area contributed by atoms with Gasteiger partial charge in [0.1, 0.15) is 48.0 Å². The highest BCUT2D eigenvalue weighted by molar-refractivity contribution is 6.02. The molecule has 0 aliphatic carbocycles. The molecular weight excluding hydrogens is 1050 g/mol.